The Morgan fingerprint density at radius 1 is 1.00 bits per heavy atom. The van der Waals surface area contributed by atoms with Crippen LogP contribution in [0.4, 0.5) is 4.79 Å². The standard InChI is InChI=1S/C29H27BrN2O5/c1-36-25-16-19(14-23-27(33)31-29(35)32(28(23)34)22-9-3-2-4-10-22)15-24(30)26(25)37-17-18-11-12-20-7-5-6-8-21(20)13-18/h5-8,11-16,22H,2-4,9-10,17H2,1H3,(H,31,33,35). The summed E-state index contributed by atoms with van der Waals surface area (Å²) >= 11 is 3.55. The summed E-state index contributed by atoms with van der Waals surface area (Å²) in [6.45, 7) is 0.333. The van der Waals surface area contributed by atoms with Gasteiger partial charge in [-0.15, -0.1) is 0 Å². The maximum atomic E-state index is 13.2. The molecule has 0 radical (unpaired) electrons. The quantitative estimate of drug-likeness (QED) is 0.295. The Morgan fingerprint density at radius 3 is 2.51 bits per heavy atom. The SMILES string of the molecule is COc1cc(C=C2C(=O)NC(=O)N(C3CCCCC3)C2=O)cc(Br)c1OCc1ccc2ccccc2c1. The first kappa shape index (κ1) is 25.0. The number of methoxy groups -OCH3 is 1. The summed E-state index contributed by atoms with van der Waals surface area (Å²) in [6.07, 6.45) is 6.00. The van der Waals surface area contributed by atoms with Gasteiger partial charge in [0, 0.05) is 6.04 Å². The molecule has 2 fully saturated rings. The third-order valence-corrected chi connectivity index (χ3v) is 7.42. The van der Waals surface area contributed by atoms with Crippen molar-refractivity contribution in [3.63, 3.8) is 0 Å². The van der Waals surface area contributed by atoms with E-state index in [-0.39, 0.29) is 11.6 Å². The number of rotatable bonds is 6. The van der Waals surface area contributed by atoms with Crippen LogP contribution in [0.1, 0.15) is 43.2 Å². The number of halogens is 1. The van der Waals surface area contributed by atoms with Gasteiger partial charge in [0.1, 0.15) is 12.2 Å². The molecule has 0 bridgehead atoms. The van der Waals surface area contributed by atoms with E-state index in [9.17, 15) is 14.4 Å². The van der Waals surface area contributed by atoms with Crippen molar-refractivity contribution in [1.29, 1.82) is 0 Å². The summed E-state index contributed by atoms with van der Waals surface area (Å²) in [5, 5.41) is 4.62. The zero-order chi connectivity index (χ0) is 25.9. The Kier molecular flexibility index (Phi) is 7.28. The van der Waals surface area contributed by atoms with Crippen LogP contribution in [0, 0.1) is 0 Å². The molecule has 5 rings (SSSR count). The number of carbonyl (C=O) groups excluding carboxylic acids is 3. The smallest absolute Gasteiger partial charge is 0.331 e. The van der Waals surface area contributed by atoms with E-state index >= 15 is 0 Å². The van der Waals surface area contributed by atoms with Gasteiger partial charge in [-0.05, 0) is 74.9 Å². The number of benzene rings is 3. The first-order chi connectivity index (χ1) is 17.9. The highest BCUT2D eigenvalue weighted by Gasteiger charge is 2.40. The van der Waals surface area contributed by atoms with E-state index in [1.807, 2.05) is 18.2 Å². The molecule has 8 heteroatoms. The summed E-state index contributed by atoms with van der Waals surface area (Å²) in [5.41, 5.74) is 1.50. The molecule has 3 aromatic carbocycles. The highest BCUT2D eigenvalue weighted by atomic mass is 79.9. The van der Waals surface area contributed by atoms with Crippen LogP contribution in [0.5, 0.6) is 11.5 Å². The molecule has 37 heavy (non-hydrogen) atoms. The molecule has 7 nitrogen and oxygen atoms in total. The van der Waals surface area contributed by atoms with Crippen LogP contribution >= 0.6 is 15.9 Å². The second-order valence-corrected chi connectivity index (χ2v) is 10.1. The van der Waals surface area contributed by atoms with Gasteiger partial charge in [0.05, 0.1) is 11.6 Å². The molecule has 1 aliphatic heterocycles. The van der Waals surface area contributed by atoms with Gasteiger partial charge in [0.25, 0.3) is 11.8 Å². The molecule has 3 aromatic rings. The number of urea groups is 1. The normalized spacial score (nSPS) is 17.8. The summed E-state index contributed by atoms with van der Waals surface area (Å²) in [4.78, 5) is 39.5. The number of ether oxygens (including phenoxy) is 2. The number of fused-ring (bicyclic) bond motifs is 1. The van der Waals surface area contributed by atoms with E-state index in [2.05, 4.69) is 45.5 Å². The van der Waals surface area contributed by atoms with Crippen LogP contribution < -0.4 is 14.8 Å². The minimum atomic E-state index is -0.700. The third kappa shape index (κ3) is 5.25. The topological polar surface area (TPSA) is 84.9 Å². The van der Waals surface area contributed by atoms with Crippen molar-refractivity contribution >= 4 is 50.6 Å². The van der Waals surface area contributed by atoms with Crippen molar-refractivity contribution in [2.75, 3.05) is 7.11 Å². The first-order valence-corrected chi connectivity index (χ1v) is 13.1. The van der Waals surface area contributed by atoms with Gasteiger partial charge in [0.2, 0.25) is 0 Å². The van der Waals surface area contributed by atoms with Crippen LogP contribution in [0.3, 0.4) is 0 Å². The maximum Gasteiger partial charge on any atom is 0.331 e. The molecule has 1 saturated heterocycles. The molecule has 2 aliphatic rings. The van der Waals surface area contributed by atoms with Crippen LogP contribution in [0.25, 0.3) is 16.8 Å². The molecule has 1 heterocycles. The summed E-state index contributed by atoms with van der Waals surface area (Å²) < 4.78 is 12.3. The van der Waals surface area contributed by atoms with Crippen molar-refractivity contribution in [2.24, 2.45) is 0 Å². The number of imide groups is 2. The number of nitrogens with one attached hydrogen (secondary N) is 1. The van der Waals surface area contributed by atoms with Crippen LogP contribution in [0.2, 0.25) is 0 Å². The molecule has 0 unspecified atom stereocenters. The fourth-order valence-corrected chi connectivity index (χ4v) is 5.53. The van der Waals surface area contributed by atoms with Gasteiger partial charge in [-0.25, -0.2) is 4.79 Å². The van der Waals surface area contributed by atoms with Gasteiger partial charge in [-0.3, -0.25) is 19.8 Å². The van der Waals surface area contributed by atoms with Crippen molar-refractivity contribution < 1.29 is 23.9 Å². The van der Waals surface area contributed by atoms with E-state index in [4.69, 9.17) is 9.47 Å². The molecule has 4 amide bonds. The van der Waals surface area contributed by atoms with Crippen molar-refractivity contribution in [3.05, 3.63) is 75.8 Å². The number of amides is 4. The average Bonchev–Trinajstić information content (AvgIpc) is 2.90. The van der Waals surface area contributed by atoms with Crippen molar-refractivity contribution in [3.8, 4) is 11.5 Å². The van der Waals surface area contributed by atoms with Crippen LogP contribution in [-0.4, -0.2) is 35.9 Å². The lowest BCUT2D eigenvalue weighted by Crippen LogP contribution is -2.58. The second kappa shape index (κ2) is 10.8. The molecule has 0 aromatic heterocycles. The number of barbiturate groups is 1. The Labute approximate surface area is 223 Å². The molecule has 190 valence electrons. The lowest BCUT2D eigenvalue weighted by Gasteiger charge is -2.35. The zero-order valence-corrected chi connectivity index (χ0v) is 22.0. The monoisotopic (exact) mass is 562 g/mol. The van der Waals surface area contributed by atoms with Gasteiger partial charge in [-0.1, -0.05) is 55.7 Å². The third-order valence-electron chi connectivity index (χ3n) is 6.83. The molecular weight excluding hydrogens is 536 g/mol. The summed E-state index contributed by atoms with van der Waals surface area (Å²) in [7, 11) is 1.53. The highest BCUT2D eigenvalue weighted by Crippen LogP contribution is 2.38. The fourth-order valence-electron chi connectivity index (χ4n) is 4.96. The fraction of sp³-hybridized carbons (Fsp3) is 0.276. The molecule has 1 saturated carbocycles. The first-order valence-electron chi connectivity index (χ1n) is 12.3. The van der Waals surface area contributed by atoms with E-state index in [1.54, 1.807) is 12.1 Å². The lowest BCUT2D eigenvalue weighted by molar-refractivity contribution is -0.132. The maximum absolute atomic E-state index is 13.2. The van der Waals surface area contributed by atoms with Crippen molar-refractivity contribution in [1.82, 2.24) is 10.2 Å². The number of carbonyl (C=O) groups is 3. The molecule has 0 atom stereocenters. The van der Waals surface area contributed by atoms with E-state index in [0.29, 0.717) is 28.1 Å². The molecule has 1 N–H and O–H groups in total. The molecule has 0 spiro atoms. The Bertz CT molecular complexity index is 1410. The van der Waals surface area contributed by atoms with Gasteiger partial charge < -0.3 is 9.47 Å². The number of hydrogen-bond donors (Lipinski definition) is 1. The predicted octanol–water partition coefficient (Wildman–Crippen LogP) is 5.98. The predicted molar refractivity (Wildman–Crippen MR) is 144 cm³/mol. The van der Waals surface area contributed by atoms with Gasteiger partial charge in [-0.2, -0.15) is 0 Å². The summed E-state index contributed by atoms with van der Waals surface area (Å²) in [5.74, 6) is -0.303. The highest BCUT2D eigenvalue weighted by molar-refractivity contribution is 9.10. The largest absolute Gasteiger partial charge is 0.493 e. The Morgan fingerprint density at radius 2 is 1.76 bits per heavy atom. The van der Waals surface area contributed by atoms with E-state index in [1.165, 1.54) is 18.1 Å². The van der Waals surface area contributed by atoms with Gasteiger partial charge in [0.15, 0.2) is 11.5 Å². The van der Waals surface area contributed by atoms with Crippen LogP contribution in [-0.2, 0) is 16.2 Å². The Balaban J connectivity index is 1.39. The summed E-state index contributed by atoms with van der Waals surface area (Å²) in [6, 6.07) is 16.9. The second-order valence-electron chi connectivity index (χ2n) is 9.29. The Hall–Kier alpha value is -3.65. The average molecular weight is 563 g/mol. The molecular formula is C29H27BrN2O5. The number of hydrogen-bond acceptors (Lipinski definition) is 5. The lowest BCUT2D eigenvalue weighted by atomic mass is 9.93. The van der Waals surface area contributed by atoms with E-state index in [0.717, 1.165) is 48.4 Å². The minimum Gasteiger partial charge on any atom is -0.493 e. The minimum absolute atomic E-state index is 0.0797. The van der Waals surface area contributed by atoms with Crippen molar-refractivity contribution in [2.45, 2.75) is 44.8 Å². The molecule has 1 aliphatic carbocycles. The van der Waals surface area contributed by atoms with E-state index < -0.39 is 17.8 Å². The van der Waals surface area contributed by atoms with Crippen LogP contribution in [0.15, 0.2) is 64.6 Å². The number of nitrogens with zero attached hydrogens (tertiary/aromatic N) is 1. The zero-order valence-electron chi connectivity index (χ0n) is 20.5. The van der Waals surface area contributed by atoms with Gasteiger partial charge >= 0.3 is 6.03 Å².